The van der Waals surface area contributed by atoms with E-state index < -0.39 is 24.3 Å². The van der Waals surface area contributed by atoms with E-state index in [9.17, 15) is 9.90 Å². The van der Waals surface area contributed by atoms with E-state index in [1.54, 1.807) is 4.90 Å². The molecular formula is C26H28ClFN6O6. The summed E-state index contributed by atoms with van der Waals surface area (Å²) in [6.07, 6.45) is 0.525. The number of aliphatic hydroxyl groups is 1. The van der Waals surface area contributed by atoms with Gasteiger partial charge in [-0.1, -0.05) is 11.6 Å². The van der Waals surface area contributed by atoms with Gasteiger partial charge in [0, 0.05) is 24.6 Å². The van der Waals surface area contributed by atoms with Crippen LogP contribution in [0.15, 0.2) is 12.3 Å². The van der Waals surface area contributed by atoms with Crippen molar-refractivity contribution >= 4 is 34.7 Å². The van der Waals surface area contributed by atoms with E-state index in [-0.39, 0.29) is 46.3 Å². The molecule has 0 saturated carbocycles. The Kier molecular flexibility index (Phi) is 6.22. The summed E-state index contributed by atoms with van der Waals surface area (Å²) in [5.41, 5.74) is 1.38. The van der Waals surface area contributed by atoms with Gasteiger partial charge in [0.2, 0.25) is 5.95 Å². The molecular weight excluding hydrogens is 547 g/mol. The minimum absolute atomic E-state index is 0.0774. The number of rotatable bonds is 4. The van der Waals surface area contributed by atoms with Crippen LogP contribution in [0.25, 0.3) is 22.3 Å². The molecule has 3 aromatic rings. The van der Waals surface area contributed by atoms with Crippen LogP contribution >= 0.6 is 11.6 Å². The van der Waals surface area contributed by atoms with Crippen LogP contribution in [-0.4, -0.2) is 93.6 Å². The molecule has 1 unspecified atom stereocenters. The van der Waals surface area contributed by atoms with Crippen LogP contribution in [0.2, 0.25) is 5.02 Å². The molecule has 6 heterocycles. The number of nitrogens with zero attached hydrogens (tertiary/aromatic N) is 5. The Balaban J connectivity index is 1.28. The highest BCUT2D eigenvalue weighted by molar-refractivity contribution is 6.33. The van der Waals surface area contributed by atoms with Crippen molar-refractivity contribution in [2.75, 3.05) is 38.7 Å². The second-order valence-electron chi connectivity index (χ2n) is 10.7. The second kappa shape index (κ2) is 9.68. The summed E-state index contributed by atoms with van der Waals surface area (Å²) in [6.45, 7) is 3.71. The Labute approximate surface area is 233 Å². The van der Waals surface area contributed by atoms with Gasteiger partial charge in [0.25, 0.3) is 0 Å². The first-order chi connectivity index (χ1) is 19.3. The normalized spacial score (nSPS) is 29.1. The smallest absolute Gasteiger partial charge is 0.409 e. The number of aromatic nitrogens is 4. The highest BCUT2D eigenvalue weighted by Crippen LogP contribution is 2.45. The summed E-state index contributed by atoms with van der Waals surface area (Å²) in [5, 5.41) is 14.0. The maximum Gasteiger partial charge on any atom is 0.409 e. The highest BCUT2D eigenvalue weighted by atomic mass is 35.5. The number of carbonyl (C=O) groups excluding carboxylic acids is 1. The Morgan fingerprint density at radius 1 is 1.32 bits per heavy atom. The zero-order valence-corrected chi connectivity index (χ0v) is 22.6. The van der Waals surface area contributed by atoms with Crippen molar-refractivity contribution in [3.8, 4) is 17.0 Å². The third-order valence-electron chi connectivity index (χ3n) is 8.09. The molecule has 0 radical (unpaired) electrons. The van der Waals surface area contributed by atoms with Crippen molar-refractivity contribution in [1.82, 2.24) is 24.4 Å². The number of amides is 1. The molecule has 1 amide bonds. The van der Waals surface area contributed by atoms with Gasteiger partial charge in [-0.05, 0) is 25.8 Å². The molecule has 2 N–H and O–H groups in total. The highest BCUT2D eigenvalue weighted by Gasteiger charge is 2.44. The van der Waals surface area contributed by atoms with Crippen molar-refractivity contribution < 1.29 is 33.2 Å². The van der Waals surface area contributed by atoms with Gasteiger partial charge in [0.15, 0.2) is 17.9 Å². The SMILES string of the molecule is COC(=O)N1CC[C@@H](c2nc3c(F)cc(-c4nc(NC5C[C@H]6CO[C@H](O6)[C@H]5O)ncc4Cl)c4c3n2[C@@H](C)CO4)C1. The first-order valence-corrected chi connectivity index (χ1v) is 13.6. The molecule has 14 heteroatoms. The summed E-state index contributed by atoms with van der Waals surface area (Å²) < 4.78 is 39.8. The summed E-state index contributed by atoms with van der Waals surface area (Å²) >= 11 is 6.55. The molecule has 0 spiro atoms. The van der Waals surface area contributed by atoms with E-state index in [0.717, 1.165) is 0 Å². The number of imidazole rings is 1. The van der Waals surface area contributed by atoms with Gasteiger partial charge in [-0.25, -0.2) is 24.1 Å². The number of ether oxygens (including phenoxy) is 4. The molecule has 7 rings (SSSR count). The molecule has 6 atom stereocenters. The maximum absolute atomic E-state index is 15.7. The van der Waals surface area contributed by atoms with E-state index in [1.807, 2.05) is 11.5 Å². The molecule has 4 aliphatic heterocycles. The van der Waals surface area contributed by atoms with Crippen LogP contribution in [-0.2, 0) is 14.2 Å². The molecule has 2 aromatic heterocycles. The summed E-state index contributed by atoms with van der Waals surface area (Å²) in [7, 11) is 1.36. The fourth-order valence-electron chi connectivity index (χ4n) is 6.14. The van der Waals surface area contributed by atoms with E-state index >= 15 is 4.39 Å². The Hall–Kier alpha value is -3.26. The van der Waals surface area contributed by atoms with Gasteiger partial charge in [-0.2, -0.15) is 0 Å². The molecule has 12 nitrogen and oxygen atoms in total. The summed E-state index contributed by atoms with van der Waals surface area (Å²) in [4.78, 5) is 27.3. The third-order valence-corrected chi connectivity index (χ3v) is 8.36. The van der Waals surface area contributed by atoms with Gasteiger partial charge in [-0.3, -0.25) is 0 Å². The van der Waals surface area contributed by atoms with Crippen molar-refractivity contribution in [2.45, 2.75) is 56.3 Å². The van der Waals surface area contributed by atoms with Crippen molar-refractivity contribution in [1.29, 1.82) is 0 Å². The molecule has 0 aliphatic carbocycles. The molecule has 3 fully saturated rings. The minimum atomic E-state index is -0.903. The van der Waals surface area contributed by atoms with Crippen LogP contribution in [0.5, 0.6) is 5.75 Å². The number of methoxy groups -OCH3 is 1. The molecule has 40 heavy (non-hydrogen) atoms. The monoisotopic (exact) mass is 574 g/mol. The van der Waals surface area contributed by atoms with Crippen LogP contribution in [0, 0.1) is 5.82 Å². The average Bonchev–Trinajstić information content (AvgIpc) is 3.69. The quantitative estimate of drug-likeness (QED) is 0.479. The Morgan fingerprint density at radius 2 is 2.17 bits per heavy atom. The predicted octanol–water partition coefficient (Wildman–Crippen LogP) is 3.08. The first kappa shape index (κ1) is 25.7. The summed E-state index contributed by atoms with van der Waals surface area (Å²) in [5.74, 6) is 0.749. The van der Waals surface area contributed by atoms with Crippen LogP contribution < -0.4 is 10.1 Å². The second-order valence-corrected chi connectivity index (χ2v) is 11.1. The van der Waals surface area contributed by atoms with Gasteiger partial charge in [0.05, 0.1) is 48.8 Å². The number of anilines is 1. The maximum atomic E-state index is 15.7. The van der Waals surface area contributed by atoms with E-state index in [2.05, 4.69) is 15.3 Å². The number of carbonyl (C=O) groups is 1. The zero-order valence-electron chi connectivity index (χ0n) is 21.8. The topological polar surface area (TPSA) is 133 Å². The molecule has 2 bridgehead atoms. The number of halogens is 2. The lowest BCUT2D eigenvalue weighted by Crippen LogP contribution is -2.48. The lowest BCUT2D eigenvalue weighted by molar-refractivity contribution is -0.156. The number of aliphatic hydroxyl groups excluding tert-OH is 1. The number of fused-ring (bicyclic) bond motifs is 2. The Morgan fingerprint density at radius 3 is 3.00 bits per heavy atom. The minimum Gasteiger partial charge on any atom is -0.488 e. The van der Waals surface area contributed by atoms with Crippen LogP contribution in [0.3, 0.4) is 0 Å². The van der Waals surface area contributed by atoms with Gasteiger partial charge < -0.3 is 38.8 Å². The van der Waals surface area contributed by atoms with E-state index in [4.69, 9.17) is 35.5 Å². The average molecular weight is 575 g/mol. The standard InChI is InChI=1S/C26H28ClFN6O6/c1-11-9-38-22-14(18-15(27)7-29-25(32-18)30-17-5-13-10-39-24(40-13)21(17)35)6-16(28)19-20(22)34(11)23(31-19)12-3-4-33(8-12)26(36)37-2/h6-7,11-13,17,21,24,35H,3-5,8-10H2,1-2H3,(H,29,30,32)/t11-,12+,13-,17?,21-,24+/m0/s1. The first-order valence-electron chi connectivity index (χ1n) is 13.3. The van der Waals surface area contributed by atoms with E-state index in [1.165, 1.54) is 19.4 Å². The van der Waals surface area contributed by atoms with Crippen LogP contribution in [0.1, 0.15) is 37.5 Å². The number of hydrogen-bond donors (Lipinski definition) is 2. The largest absolute Gasteiger partial charge is 0.488 e. The number of benzene rings is 1. The molecule has 1 aromatic carbocycles. The predicted molar refractivity (Wildman–Crippen MR) is 140 cm³/mol. The summed E-state index contributed by atoms with van der Waals surface area (Å²) in [6, 6.07) is 0.828. The molecule has 3 saturated heterocycles. The van der Waals surface area contributed by atoms with E-state index in [0.29, 0.717) is 61.8 Å². The fourth-order valence-corrected chi connectivity index (χ4v) is 6.34. The zero-order chi connectivity index (χ0) is 27.7. The van der Waals surface area contributed by atoms with Gasteiger partial charge >= 0.3 is 6.09 Å². The molecule has 4 aliphatic rings. The lowest BCUT2D eigenvalue weighted by atomic mass is 10.0. The third kappa shape index (κ3) is 4.06. The number of hydrogen-bond acceptors (Lipinski definition) is 10. The van der Waals surface area contributed by atoms with Crippen molar-refractivity contribution in [3.05, 3.63) is 28.9 Å². The van der Waals surface area contributed by atoms with Crippen LogP contribution in [0.4, 0.5) is 15.1 Å². The van der Waals surface area contributed by atoms with Crippen molar-refractivity contribution in [2.24, 2.45) is 0 Å². The number of likely N-dealkylation sites (tertiary alicyclic amines) is 1. The fraction of sp³-hybridized carbons (Fsp3) is 0.538. The molecule has 212 valence electrons. The lowest BCUT2D eigenvalue weighted by Gasteiger charge is -2.32. The Bertz CT molecular complexity index is 1500. The van der Waals surface area contributed by atoms with Gasteiger partial charge in [0.1, 0.15) is 29.6 Å². The van der Waals surface area contributed by atoms with Crippen molar-refractivity contribution in [3.63, 3.8) is 0 Å². The number of nitrogens with one attached hydrogen (secondary N) is 1. The van der Waals surface area contributed by atoms with Gasteiger partial charge in [-0.15, -0.1) is 0 Å².